The van der Waals surface area contributed by atoms with Crippen LogP contribution >= 0.6 is 0 Å². The highest BCUT2D eigenvalue weighted by molar-refractivity contribution is 5.78. The highest BCUT2D eigenvalue weighted by atomic mass is 19.1. The summed E-state index contributed by atoms with van der Waals surface area (Å²) < 4.78 is 13.1. The number of hydrogen-bond acceptors (Lipinski definition) is 2. The molecule has 0 aliphatic rings. The summed E-state index contributed by atoms with van der Waals surface area (Å²) in [6, 6.07) is 6.16. The van der Waals surface area contributed by atoms with Crippen LogP contribution in [0, 0.1) is 11.7 Å². The number of amides is 1. The summed E-state index contributed by atoms with van der Waals surface area (Å²) in [5, 5.41) is 11.7. The van der Waals surface area contributed by atoms with Crippen LogP contribution in [0.15, 0.2) is 24.3 Å². The number of benzene rings is 1. The first kappa shape index (κ1) is 17.1. The summed E-state index contributed by atoms with van der Waals surface area (Å²) >= 11 is 0. The van der Waals surface area contributed by atoms with Gasteiger partial charge in [0.05, 0.1) is 5.92 Å². The molecule has 0 bridgehead atoms. The molecule has 2 atom stereocenters. The third-order valence-corrected chi connectivity index (χ3v) is 3.44. The van der Waals surface area contributed by atoms with E-state index in [1.165, 1.54) is 12.1 Å². The van der Waals surface area contributed by atoms with Gasteiger partial charge in [0.2, 0.25) is 5.91 Å². The largest absolute Gasteiger partial charge is 0.481 e. The molecule has 116 valence electrons. The van der Waals surface area contributed by atoms with Crippen molar-refractivity contribution in [1.29, 1.82) is 0 Å². The number of carboxylic acids is 1. The first-order chi connectivity index (χ1) is 9.93. The lowest BCUT2D eigenvalue weighted by Crippen LogP contribution is -2.33. The van der Waals surface area contributed by atoms with Gasteiger partial charge < -0.3 is 10.4 Å². The smallest absolute Gasteiger partial charge is 0.308 e. The normalized spacial score (nSPS) is 13.5. The quantitative estimate of drug-likeness (QED) is 0.775. The number of carbonyl (C=O) groups is 2. The topological polar surface area (TPSA) is 66.4 Å². The second-order valence-electron chi connectivity index (χ2n) is 5.29. The van der Waals surface area contributed by atoms with Crippen molar-refractivity contribution in [2.75, 3.05) is 6.54 Å². The van der Waals surface area contributed by atoms with E-state index in [-0.39, 0.29) is 30.6 Å². The van der Waals surface area contributed by atoms with Gasteiger partial charge in [0, 0.05) is 13.0 Å². The fourth-order valence-electron chi connectivity index (χ4n) is 2.18. The van der Waals surface area contributed by atoms with E-state index >= 15 is 0 Å². The van der Waals surface area contributed by atoms with E-state index in [0.717, 1.165) is 12.0 Å². The molecule has 2 N–H and O–H groups in total. The molecule has 1 rings (SSSR count). The van der Waals surface area contributed by atoms with Gasteiger partial charge in [-0.3, -0.25) is 9.59 Å². The Balaban J connectivity index is 2.47. The molecule has 0 saturated heterocycles. The minimum absolute atomic E-state index is 0.116. The van der Waals surface area contributed by atoms with Gasteiger partial charge in [-0.25, -0.2) is 4.39 Å². The SMILES string of the molecule is CCCC(CNC(=O)CC(C)c1cccc(F)c1)C(=O)O. The van der Waals surface area contributed by atoms with E-state index in [4.69, 9.17) is 5.11 Å². The van der Waals surface area contributed by atoms with Crippen LogP contribution in [0.5, 0.6) is 0 Å². The monoisotopic (exact) mass is 295 g/mol. The molecule has 0 fully saturated rings. The van der Waals surface area contributed by atoms with E-state index in [1.54, 1.807) is 12.1 Å². The van der Waals surface area contributed by atoms with Crippen LogP contribution in [0.4, 0.5) is 4.39 Å². The lowest BCUT2D eigenvalue weighted by Gasteiger charge is -2.15. The van der Waals surface area contributed by atoms with Gasteiger partial charge in [-0.2, -0.15) is 0 Å². The molecule has 1 aromatic carbocycles. The van der Waals surface area contributed by atoms with E-state index in [1.807, 2.05) is 13.8 Å². The number of aliphatic carboxylic acids is 1. The number of carbonyl (C=O) groups excluding carboxylic acids is 1. The van der Waals surface area contributed by atoms with Crippen LogP contribution in [-0.2, 0) is 9.59 Å². The van der Waals surface area contributed by atoms with Gasteiger partial charge in [-0.1, -0.05) is 32.4 Å². The fourth-order valence-corrected chi connectivity index (χ4v) is 2.18. The van der Waals surface area contributed by atoms with E-state index in [9.17, 15) is 14.0 Å². The zero-order chi connectivity index (χ0) is 15.8. The average molecular weight is 295 g/mol. The third-order valence-electron chi connectivity index (χ3n) is 3.44. The Morgan fingerprint density at radius 1 is 1.38 bits per heavy atom. The van der Waals surface area contributed by atoms with Crippen molar-refractivity contribution in [1.82, 2.24) is 5.32 Å². The molecule has 0 spiro atoms. The van der Waals surface area contributed by atoms with Gasteiger partial charge in [-0.05, 0) is 30.0 Å². The number of rotatable bonds is 8. The Labute approximate surface area is 124 Å². The highest BCUT2D eigenvalue weighted by Crippen LogP contribution is 2.19. The summed E-state index contributed by atoms with van der Waals surface area (Å²) in [6.45, 7) is 3.89. The number of carboxylic acid groups (broad SMARTS) is 1. The van der Waals surface area contributed by atoms with Crippen molar-refractivity contribution in [3.63, 3.8) is 0 Å². The molecule has 0 heterocycles. The standard InChI is InChI=1S/C16H22FNO3/c1-3-5-13(16(20)21)10-18-15(19)8-11(2)12-6-4-7-14(17)9-12/h4,6-7,9,11,13H,3,5,8,10H2,1-2H3,(H,18,19)(H,20,21). The van der Waals surface area contributed by atoms with Gasteiger partial charge in [0.1, 0.15) is 5.82 Å². The Morgan fingerprint density at radius 2 is 2.10 bits per heavy atom. The molecule has 0 aliphatic heterocycles. The maximum Gasteiger partial charge on any atom is 0.308 e. The van der Waals surface area contributed by atoms with Crippen LogP contribution in [0.3, 0.4) is 0 Å². The fraction of sp³-hybridized carbons (Fsp3) is 0.500. The number of nitrogens with one attached hydrogen (secondary N) is 1. The molecule has 1 aromatic rings. The second-order valence-corrected chi connectivity index (χ2v) is 5.29. The molecule has 0 aliphatic carbocycles. The Morgan fingerprint density at radius 3 is 2.67 bits per heavy atom. The van der Waals surface area contributed by atoms with Crippen LogP contribution in [-0.4, -0.2) is 23.5 Å². The summed E-state index contributed by atoms with van der Waals surface area (Å²) in [7, 11) is 0. The molecular formula is C16H22FNO3. The summed E-state index contributed by atoms with van der Waals surface area (Å²) in [4.78, 5) is 22.8. The molecule has 1 amide bonds. The molecule has 5 heteroatoms. The predicted octanol–water partition coefficient (Wildman–Crippen LogP) is 2.94. The molecule has 0 saturated carbocycles. The molecule has 21 heavy (non-hydrogen) atoms. The minimum atomic E-state index is -0.893. The molecule has 0 radical (unpaired) electrons. The zero-order valence-corrected chi connectivity index (χ0v) is 12.4. The van der Waals surface area contributed by atoms with Crippen molar-refractivity contribution in [3.05, 3.63) is 35.6 Å². The minimum Gasteiger partial charge on any atom is -0.481 e. The second kappa shape index (κ2) is 8.39. The van der Waals surface area contributed by atoms with Crippen molar-refractivity contribution in [2.24, 2.45) is 5.92 Å². The Bertz CT molecular complexity index is 490. The van der Waals surface area contributed by atoms with Gasteiger partial charge in [-0.15, -0.1) is 0 Å². The Kier molecular flexibility index (Phi) is 6.85. The lowest BCUT2D eigenvalue weighted by atomic mass is 9.97. The molecule has 2 unspecified atom stereocenters. The van der Waals surface area contributed by atoms with Crippen LogP contribution in [0.2, 0.25) is 0 Å². The molecular weight excluding hydrogens is 273 g/mol. The molecule has 4 nitrogen and oxygen atoms in total. The van der Waals surface area contributed by atoms with Crippen LogP contribution in [0.1, 0.15) is 44.6 Å². The average Bonchev–Trinajstić information content (AvgIpc) is 2.43. The van der Waals surface area contributed by atoms with E-state index in [0.29, 0.717) is 6.42 Å². The summed E-state index contributed by atoms with van der Waals surface area (Å²) in [5.41, 5.74) is 0.758. The number of halogens is 1. The Hall–Kier alpha value is -1.91. The van der Waals surface area contributed by atoms with Crippen LogP contribution < -0.4 is 5.32 Å². The molecule has 0 aromatic heterocycles. The zero-order valence-electron chi connectivity index (χ0n) is 12.4. The van der Waals surface area contributed by atoms with E-state index in [2.05, 4.69) is 5.32 Å². The number of hydrogen-bond donors (Lipinski definition) is 2. The maximum absolute atomic E-state index is 13.1. The third kappa shape index (κ3) is 5.94. The van der Waals surface area contributed by atoms with Crippen molar-refractivity contribution >= 4 is 11.9 Å². The first-order valence-electron chi connectivity index (χ1n) is 7.19. The summed E-state index contributed by atoms with van der Waals surface area (Å²) in [5.74, 6) is -2.10. The van der Waals surface area contributed by atoms with Crippen molar-refractivity contribution < 1.29 is 19.1 Å². The van der Waals surface area contributed by atoms with Gasteiger partial charge >= 0.3 is 5.97 Å². The lowest BCUT2D eigenvalue weighted by molar-refractivity contribution is -0.141. The van der Waals surface area contributed by atoms with Gasteiger partial charge in [0.25, 0.3) is 0 Å². The first-order valence-corrected chi connectivity index (χ1v) is 7.19. The predicted molar refractivity (Wildman–Crippen MR) is 78.5 cm³/mol. The maximum atomic E-state index is 13.1. The van der Waals surface area contributed by atoms with Crippen LogP contribution in [0.25, 0.3) is 0 Å². The van der Waals surface area contributed by atoms with Crippen molar-refractivity contribution in [2.45, 2.75) is 39.0 Å². The summed E-state index contributed by atoms with van der Waals surface area (Å²) in [6.07, 6.45) is 1.50. The highest BCUT2D eigenvalue weighted by Gasteiger charge is 2.18. The van der Waals surface area contributed by atoms with Crippen molar-refractivity contribution in [3.8, 4) is 0 Å². The van der Waals surface area contributed by atoms with Gasteiger partial charge in [0.15, 0.2) is 0 Å². The van der Waals surface area contributed by atoms with E-state index < -0.39 is 11.9 Å².